The first-order chi connectivity index (χ1) is 12.7. The van der Waals surface area contributed by atoms with Gasteiger partial charge in [-0.1, -0.05) is 18.2 Å². The second-order valence-corrected chi connectivity index (χ2v) is 7.60. The van der Waals surface area contributed by atoms with Crippen LogP contribution in [0.3, 0.4) is 0 Å². The number of amides is 2. The molecule has 4 rings (SSSR count). The minimum Gasteiger partial charge on any atom is -0.480 e. The molecule has 2 N–H and O–H groups in total. The maximum Gasteiger partial charge on any atom is 0.264 e. The van der Waals surface area contributed by atoms with Crippen molar-refractivity contribution in [2.45, 2.75) is 44.2 Å². The van der Waals surface area contributed by atoms with Crippen LogP contribution in [-0.4, -0.2) is 55.0 Å². The van der Waals surface area contributed by atoms with E-state index in [0.29, 0.717) is 25.4 Å². The highest BCUT2D eigenvalue weighted by Gasteiger charge is 2.34. The minimum absolute atomic E-state index is 0.0401. The van der Waals surface area contributed by atoms with Crippen LogP contribution >= 0.6 is 0 Å². The second kappa shape index (κ2) is 7.66. The van der Waals surface area contributed by atoms with Crippen LogP contribution in [0.2, 0.25) is 0 Å². The fourth-order valence-electron chi connectivity index (χ4n) is 4.23. The van der Waals surface area contributed by atoms with Gasteiger partial charge < -0.3 is 20.3 Å². The van der Waals surface area contributed by atoms with Crippen molar-refractivity contribution in [1.82, 2.24) is 15.5 Å². The third-order valence-electron chi connectivity index (χ3n) is 5.70. The monoisotopic (exact) mass is 357 g/mol. The molecule has 6 heteroatoms. The van der Waals surface area contributed by atoms with E-state index in [2.05, 4.69) is 10.6 Å². The average Bonchev–Trinajstić information content (AvgIpc) is 3.35. The number of hydrogen-bond donors (Lipinski definition) is 2. The number of nitrogens with zero attached hydrogens (tertiary/aromatic N) is 1. The van der Waals surface area contributed by atoms with Gasteiger partial charge in [-0.25, -0.2) is 0 Å². The molecule has 2 saturated heterocycles. The normalized spacial score (nSPS) is 27.7. The Hall–Kier alpha value is -2.08. The molecule has 26 heavy (non-hydrogen) atoms. The zero-order valence-electron chi connectivity index (χ0n) is 15.1. The molecular weight excluding hydrogens is 330 g/mol. The van der Waals surface area contributed by atoms with E-state index in [0.717, 1.165) is 50.1 Å². The van der Waals surface area contributed by atoms with Crippen LogP contribution < -0.4 is 15.4 Å². The van der Waals surface area contributed by atoms with Crippen molar-refractivity contribution in [3.63, 3.8) is 0 Å². The van der Waals surface area contributed by atoms with Gasteiger partial charge in [-0.3, -0.25) is 9.59 Å². The third kappa shape index (κ3) is 3.70. The lowest BCUT2D eigenvalue weighted by Gasteiger charge is -2.34. The van der Waals surface area contributed by atoms with Crippen molar-refractivity contribution in [2.75, 3.05) is 26.2 Å². The van der Waals surface area contributed by atoms with Gasteiger partial charge in [-0.05, 0) is 49.8 Å². The van der Waals surface area contributed by atoms with Gasteiger partial charge in [0.1, 0.15) is 5.75 Å². The van der Waals surface area contributed by atoms with Crippen molar-refractivity contribution in [3.05, 3.63) is 29.8 Å². The highest BCUT2D eigenvalue weighted by Crippen LogP contribution is 2.29. The van der Waals surface area contributed by atoms with Crippen LogP contribution in [0.5, 0.6) is 5.75 Å². The van der Waals surface area contributed by atoms with E-state index in [1.807, 2.05) is 29.2 Å². The molecule has 3 atom stereocenters. The summed E-state index contributed by atoms with van der Waals surface area (Å²) in [7, 11) is 0. The quantitative estimate of drug-likeness (QED) is 0.847. The van der Waals surface area contributed by atoms with Crippen LogP contribution in [0.4, 0.5) is 0 Å². The van der Waals surface area contributed by atoms with Crippen molar-refractivity contribution in [3.8, 4) is 5.75 Å². The Balaban J connectivity index is 1.28. The summed E-state index contributed by atoms with van der Waals surface area (Å²) in [6.07, 6.45) is 4.26. The molecule has 2 fully saturated rings. The number of carbonyl (C=O) groups excluding carboxylic acids is 2. The third-order valence-corrected chi connectivity index (χ3v) is 5.70. The molecule has 0 bridgehead atoms. The number of likely N-dealkylation sites (tertiary alicyclic amines) is 1. The van der Waals surface area contributed by atoms with E-state index in [9.17, 15) is 9.59 Å². The zero-order valence-corrected chi connectivity index (χ0v) is 15.1. The summed E-state index contributed by atoms with van der Waals surface area (Å²) >= 11 is 0. The number of fused-ring (bicyclic) bond motifs is 1. The smallest absolute Gasteiger partial charge is 0.264 e. The summed E-state index contributed by atoms with van der Waals surface area (Å²) < 4.78 is 5.85. The highest BCUT2D eigenvalue weighted by molar-refractivity contribution is 5.83. The molecule has 0 radical (unpaired) electrons. The van der Waals surface area contributed by atoms with Gasteiger partial charge in [0.25, 0.3) is 5.91 Å². The first-order valence-corrected chi connectivity index (χ1v) is 9.75. The number of rotatable bonds is 4. The van der Waals surface area contributed by atoms with Crippen LogP contribution in [0.1, 0.15) is 31.2 Å². The topological polar surface area (TPSA) is 70.7 Å². The second-order valence-electron chi connectivity index (χ2n) is 7.60. The number of carbonyl (C=O) groups is 2. The number of para-hydroxylation sites is 1. The summed E-state index contributed by atoms with van der Waals surface area (Å²) in [4.78, 5) is 27.0. The van der Waals surface area contributed by atoms with Gasteiger partial charge in [0.15, 0.2) is 6.10 Å². The summed E-state index contributed by atoms with van der Waals surface area (Å²) in [5.74, 6) is 1.33. The lowest BCUT2D eigenvalue weighted by Crippen LogP contribution is -2.49. The van der Waals surface area contributed by atoms with Crippen LogP contribution in [-0.2, 0) is 16.0 Å². The molecule has 0 aliphatic carbocycles. The lowest BCUT2D eigenvalue weighted by atomic mass is 9.97. The molecule has 0 saturated carbocycles. The van der Waals surface area contributed by atoms with E-state index < -0.39 is 6.10 Å². The van der Waals surface area contributed by atoms with Crippen molar-refractivity contribution in [1.29, 1.82) is 0 Å². The highest BCUT2D eigenvalue weighted by atomic mass is 16.5. The number of ether oxygens (including phenoxy) is 1. The maximum atomic E-state index is 12.9. The Morgan fingerprint density at radius 3 is 2.92 bits per heavy atom. The summed E-state index contributed by atoms with van der Waals surface area (Å²) in [5, 5.41) is 6.29. The van der Waals surface area contributed by atoms with Gasteiger partial charge in [-0.2, -0.15) is 0 Å². The molecule has 6 nitrogen and oxygen atoms in total. The van der Waals surface area contributed by atoms with Gasteiger partial charge >= 0.3 is 0 Å². The predicted octanol–water partition coefficient (Wildman–Crippen LogP) is 1.10. The summed E-state index contributed by atoms with van der Waals surface area (Å²) in [5.41, 5.74) is 1.11. The van der Waals surface area contributed by atoms with Gasteiger partial charge in [0, 0.05) is 26.1 Å². The maximum absolute atomic E-state index is 12.9. The Bertz CT molecular complexity index is 647. The first-order valence-electron chi connectivity index (χ1n) is 9.75. The molecule has 3 heterocycles. The van der Waals surface area contributed by atoms with E-state index in [1.165, 1.54) is 0 Å². The average molecular weight is 357 g/mol. The fraction of sp³-hybridized carbons (Fsp3) is 0.600. The summed E-state index contributed by atoms with van der Waals surface area (Å²) in [6.45, 7) is 3.05. The molecule has 1 aromatic rings. The fourth-order valence-corrected chi connectivity index (χ4v) is 4.23. The molecule has 0 spiro atoms. The first kappa shape index (κ1) is 17.3. The number of piperidine rings is 1. The number of nitrogens with one attached hydrogen (secondary N) is 2. The van der Waals surface area contributed by atoms with Crippen LogP contribution in [0.25, 0.3) is 0 Å². The number of hydrogen-bond acceptors (Lipinski definition) is 4. The van der Waals surface area contributed by atoms with E-state index in [1.54, 1.807) is 0 Å². The van der Waals surface area contributed by atoms with Crippen molar-refractivity contribution >= 4 is 11.8 Å². The Morgan fingerprint density at radius 2 is 2.12 bits per heavy atom. The molecule has 3 aliphatic heterocycles. The molecule has 2 amide bonds. The van der Waals surface area contributed by atoms with Gasteiger partial charge in [-0.15, -0.1) is 0 Å². The molecule has 3 unspecified atom stereocenters. The Morgan fingerprint density at radius 1 is 1.23 bits per heavy atom. The van der Waals surface area contributed by atoms with E-state index >= 15 is 0 Å². The minimum atomic E-state index is -0.400. The van der Waals surface area contributed by atoms with Gasteiger partial charge in [0.05, 0.1) is 6.04 Å². The van der Waals surface area contributed by atoms with E-state index in [-0.39, 0.29) is 17.9 Å². The molecule has 1 aromatic carbocycles. The Kier molecular flexibility index (Phi) is 5.11. The SMILES string of the molecule is O=C(NCC1CCCN(C(=O)C2Cc3ccccc3O2)C1)C1CCCN1. The standard InChI is InChI=1S/C20H27N3O3/c24-19(16-7-3-9-21-16)22-12-14-5-4-10-23(13-14)20(25)18-11-15-6-1-2-8-17(15)26-18/h1-2,6,8,14,16,18,21H,3-5,7,9-13H2,(H,22,24). The molecular formula is C20H27N3O3. The molecule has 0 aromatic heterocycles. The van der Waals surface area contributed by atoms with Gasteiger partial charge in [0.2, 0.25) is 5.91 Å². The largest absolute Gasteiger partial charge is 0.480 e. The van der Waals surface area contributed by atoms with Crippen molar-refractivity contribution in [2.24, 2.45) is 5.92 Å². The Labute approximate surface area is 154 Å². The van der Waals surface area contributed by atoms with Crippen LogP contribution in [0, 0.1) is 5.92 Å². The van der Waals surface area contributed by atoms with Crippen molar-refractivity contribution < 1.29 is 14.3 Å². The zero-order chi connectivity index (χ0) is 17.9. The molecule has 3 aliphatic rings. The molecule has 140 valence electrons. The van der Waals surface area contributed by atoms with E-state index in [4.69, 9.17) is 4.74 Å². The predicted molar refractivity (Wildman–Crippen MR) is 97.9 cm³/mol. The lowest BCUT2D eigenvalue weighted by molar-refractivity contribution is -0.139. The van der Waals surface area contributed by atoms with Crippen LogP contribution in [0.15, 0.2) is 24.3 Å². The summed E-state index contributed by atoms with van der Waals surface area (Å²) in [6, 6.07) is 7.82. The number of benzene rings is 1.